The fraction of sp³-hybridized carbons (Fsp3) is 0.579. The van der Waals surface area contributed by atoms with Gasteiger partial charge < -0.3 is 19.5 Å². The Kier molecular flexibility index (Phi) is 4.97. The third kappa shape index (κ3) is 3.88. The van der Waals surface area contributed by atoms with Crippen LogP contribution in [0.4, 0.5) is 23.8 Å². The summed E-state index contributed by atoms with van der Waals surface area (Å²) in [4.78, 5) is 22.9. The number of fused-ring (bicyclic) bond motifs is 1. The highest BCUT2D eigenvalue weighted by Gasteiger charge is 2.39. The van der Waals surface area contributed by atoms with E-state index in [0.717, 1.165) is 6.20 Å². The molecule has 1 aliphatic rings. The third-order valence-corrected chi connectivity index (χ3v) is 4.76. The van der Waals surface area contributed by atoms with Gasteiger partial charge in [0.1, 0.15) is 11.4 Å². The van der Waals surface area contributed by atoms with Gasteiger partial charge in [-0.3, -0.25) is 0 Å². The van der Waals surface area contributed by atoms with Crippen LogP contribution in [0.15, 0.2) is 18.5 Å². The second-order valence-electron chi connectivity index (χ2n) is 8.24. The molecule has 1 saturated heterocycles. The van der Waals surface area contributed by atoms with E-state index in [-0.39, 0.29) is 23.3 Å². The van der Waals surface area contributed by atoms with Gasteiger partial charge >= 0.3 is 12.3 Å². The predicted molar refractivity (Wildman–Crippen MR) is 100 cm³/mol. The van der Waals surface area contributed by atoms with Crippen molar-refractivity contribution in [3.05, 3.63) is 24.0 Å². The first-order valence-electron chi connectivity index (χ1n) is 9.18. The van der Waals surface area contributed by atoms with Gasteiger partial charge in [0.25, 0.3) is 0 Å². The van der Waals surface area contributed by atoms with Crippen molar-refractivity contribution in [3.8, 4) is 0 Å². The summed E-state index contributed by atoms with van der Waals surface area (Å²) in [6.07, 6.45) is -2.44. The summed E-state index contributed by atoms with van der Waals surface area (Å²) in [6, 6.07) is 1.06. The number of piperazine rings is 1. The van der Waals surface area contributed by atoms with E-state index < -0.39 is 23.4 Å². The summed E-state index contributed by atoms with van der Waals surface area (Å²) in [5.41, 5.74) is -0.969. The SMILES string of the molecule is CC1CN(C(=O)OC(C)(C)C)[C@@H](C)CN1c1nccc2[nH]cc(C(F)(F)F)c12. The summed E-state index contributed by atoms with van der Waals surface area (Å²) >= 11 is 0. The van der Waals surface area contributed by atoms with E-state index in [2.05, 4.69) is 9.97 Å². The van der Waals surface area contributed by atoms with Gasteiger partial charge in [0.05, 0.1) is 16.5 Å². The highest BCUT2D eigenvalue weighted by molar-refractivity contribution is 5.94. The molecule has 0 bridgehead atoms. The summed E-state index contributed by atoms with van der Waals surface area (Å²) in [6.45, 7) is 9.79. The normalized spacial score (nSPS) is 21.3. The van der Waals surface area contributed by atoms with Crippen LogP contribution in [0.2, 0.25) is 0 Å². The molecule has 1 amide bonds. The molecule has 28 heavy (non-hydrogen) atoms. The van der Waals surface area contributed by atoms with Crippen molar-refractivity contribution in [2.24, 2.45) is 0 Å². The lowest BCUT2D eigenvalue weighted by molar-refractivity contribution is -0.136. The molecule has 1 N–H and O–H groups in total. The Morgan fingerprint density at radius 3 is 2.50 bits per heavy atom. The quantitative estimate of drug-likeness (QED) is 0.773. The van der Waals surface area contributed by atoms with E-state index in [1.807, 2.05) is 18.7 Å². The van der Waals surface area contributed by atoms with Crippen LogP contribution in [0.5, 0.6) is 0 Å². The zero-order chi connectivity index (χ0) is 20.9. The van der Waals surface area contributed by atoms with Crippen LogP contribution in [0.3, 0.4) is 0 Å². The van der Waals surface area contributed by atoms with Crippen molar-refractivity contribution in [3.63, 3.8) is 0 Å². The first-order valence-corrected chi connectivity index (χ1v) is 9.18. The molecular formula is C19H25F3N4O2. The predicted octanol–water partition coefficient (Wildman–Crippen LogP) is 4.42. The lowest BCUT2D eigenvalue weighted by Crippen LogP contribution is -2.59. The van der Waals surface area contributed by atoms with E-state index in [0.29, 0.717) is 18.6 Å². The highest BCUT2D eigenvalue weighted by Crippen LogP contribution is 2.39. The van der Waals surface area contributed by atoms with Crippen LogP contribution >= 0.6 is 0 Å². The number of amides is 1. The van der Waals surface area contributed by atoms with Crippen LogP contribution < -0.4 is 4.90 Å². The minimum Gasteiger partial charge on any atom is -0.444 e. The minimum absolute atomic E-state index is 0.0553. The Hall–Kier alpha value is -2.45. The average Bonchev–Trinajstić information content (AvgIpc) is 2.99. The molecule has 6 nitrogen and oxygen atoms in total. The average molecular weight is 398 g/mol. The number of pyridine rings is 1. The number of ether oxygens (including phenoxy) is 1. The Morgan fingerprint density at radius 2 is 1.89 bits per heavy atom. The first-order chi connectivity index (χ1) is 12.9. The zero-order valence-corrected chi connectivity index (χ0v) is 16.6. The number of carbonyl (C=O) groups is 1. The van der Waals surface area contributed by atoms with Crippen LogP contribution in [0.25, 0.3) is 10.9 Å². The second kappa shape index (κ2) is 6.86. The summed E-state index contributed by atoms with van der Waals surface area (Å²) in [5, 5.41) is 0.0553. The molecule has 9 heteroatoms. The largest absolute Gasteiger partial charge is 0.444 e. The molecule has 0 saturated carbocycles. The van der Waals surface area contributed by atoms with Crippen molar-refractivity contribution in [1.82, 2.24) is 14.9 Å². The number of aromatic nitrogens is 2. The molecular weight excluding hydrogens is 373 g/mol. The lowest BCUT2D eigenvalue weighted by atomic mass is 10.1. The Bertz CT molecular complexity index is 872. The number of anilines is 1. The fourth-order valence-electron chi connectivity index (χ4n) is 3.50. The number of hydrogen-bond acceptors (Lipinski definition) is 4. The molecule has 1 unspecified atom stereocenters. The Labute approximate surface area is 161 Å². The number of H-pyrrole nitrogens is 1. The molecule has 0 spiro atoms. The van der Waals surface area contributed by atoms with Gasteiger partial charge in [-0.2, -0.15) is 13.2 Å². The van der Waals surface area contributed by atoms with Crippen molar-refractivity contribution in [2.75, 3.05) is 18.0 Å². The van der Waals surface area contributed by atoms with Crippen LogP contribution in [0.1, 0.15) is 40.2 Å². The molecule has 0 aliphatic carbocycles. The molecule has 1 fully saturated rings. The number of nitrogens with zero attached hydrogens (tertiary/aromatic N) is 3. The molecule has 2 aromatic heterocycles. The standard InChI is InChI=1S/C19H25F3N4O2/c1-11-10-26(17(27)28-18(3,4)5)12(2)9-25(11)16-15-13(19(20,21)22)8-24-14(15)6-7-23-16/h6-8,11-12,24H,9-10H2,1-5H3/t11?,12-/m0/s1. The maximum atomic E-state index is 13.5. The van der Waals surface area contributed by atoms with E-state index >= 15 is 0 Å². The number of carbonyl (C=O) groups excluding carboxylic acids is 1. The van der Waals surface area contributed by atoms with Crippen LogP contribution in [-0.2, 0) is 10.9 Å². The van der Waals surface area contributed by atoms with Crippen molar-refractivity contribution >= 4 is 22.8 Å². The second-order valence-corrected chi connectivity index (χ2v) is 8.24. The topological polar surface area (TPSA) is 61.5 Å². The van der Waals surface area contributed by atoms with Crippen molar-refractivity contribution in [1.29, 1.82) is 0 Å². The monoisotopic (exact) mass is 398 g/mol. The molecule has 2 atom stereocenters. The zero-order valence-electron chi connectivity index (χ0n) is 16.6. The number of halogens is 3. The van der Waals surface area contributed by atoms with E-state index in [1.54, 1.807) is 25.7 Å². The summed E-state index contributed by atoms with van der Waals surface area (Å²) < 4.78 is 45.8. The smallest absolute Gasteiger partial charge is 0.418 e. The molecule has 0 aromatic carbocycles. The Balaban J connectivity index is 1.92. The Morgan fingerprint density at radius 1 is 1.21 bits per heavy atom. The van der Waals surface area contributed by atoms with Gasteiger partial charge in [-0.25, -0.2) is 9.78 Å². The van der Waals surface area contributed by atoms with Crippen LogP contribution in [-0.4, -0.2) is 51.7 Å². The van der Waals surface area contributed by atoms with Gasteiger partial charge in [-0.1, -0.05) is 0 Å². The molecule has 0 radical (unpaired) electrons. The first kappa shape index (κ1) is 20.3. The van der Waals surface area contributed by atoms with Gasteiger partial charge in [-0.15, -0.1) is 0 Å². The maximum Gasteiger partial charge on any atom is 0.418 e. The number of alkyl halides is 3. The van der Waals surface area contributed by atoms with Gasteiger partial charge in [0, 0.05) is 37.6 Å². The third-order valence-electron chi connectivity index (χ3n) is 4.76. The van der Waals surface area contributed by atoms with E-state index in [9.17, 15) is 18.0 Å². The van der Waals surface area contributed by atoms with E-state index in [1.165, 1.54) is 12.3 Å². The molecule has 1 aliphatic heterocycles. The van der Waals surface area contributed by atoms with Crippen LogP contribution in [0, 0.1) is 0 Å². The number of hydrogen-bond donors (Lipinski definition) is 1. The molecule has 2 aromatic rings. The van der Waals surface area contributed by atoms with Gasteiger partial charge in [-0.05, 0) is 40.7 Å². The number of aromatic amines is 1. The summed E-state index contributed by atoms with van der Waals surface area (Å²) in [7, 11) is 0. The fourth-order valence-corrected chi connectivity index (χ4v) is 3.50. The maximum absolute atomic E-state index is 13.5. The minimum atomic E-state index is -4.48. The number of rotatable bonds is 1. The highest BCUT2D eigenvalue weighted by atomic mass is 19.4. The molecule has 3 heterocycles. The van der Waals surface area contributed by atoms with Gasteiger partial charge in [0.2, 0.25) is 0 Å². The van der Waals surface area contributed by atoms with Gasteiger partial charge in [0.15, 0.2) is 0 Å². The van der Waals surface area contributed by atoms with Crippen molar-refractivity contribution in [2.45, 2.75) is 58.5 Å². The lowest BCUT2D eigenvalue weighted by Gasteiger charge is -2.44. The summed E-state index contributed by atoms with van der Waals surface area (Å²) in [5.74, 6) is 0.272. The van der Waals surface area contributed by atoms with Crippen molar-refractivity contribution < 1.29 is 22.7 Å². The number of nitrogens with one attached hydrogen (secondary N) is 1. The molecule has 154 valence electrons. The van der Waals surface area contributed by atoms with E-state index in [4.69, 9.17) is 4.74 Å². The molecule has 3 rings (SSSR count).